The Kier molecular flexibility index (Phi) is 5.23. The van der Waals surface area contributed by atoms with Gasteiger partial charge in [0.05, 0.1) is 11.5 Å². The van der Waals surface area contributed by atoms with Gasteiger partial charge in [-0.25, -0.2) is 13.2 Å². The fourth-order valence-corrected chi connectivity index (χ4v) is 5.38. The Hall–Kier alpha value is -2.42. The molecule has 146 valence electrons. The van der Waals surface area contributed by atoms with E-state index in [4.69, 9.17) is 0 Å². The molecule has 1 aromatic rings. The molecule has 2 fully saturated rings. The molecule has 9 heteroatoms. The average Bonchev–Trinajstić information content (AvgIpc) is 3.08. The summed E-state index contributed by atoms with van der Waals surface area (Å²) >= 11 is 0. The second kappa shape index (κ2) is 7.30. The molecule has 8 nitrogen and oxygen atoms in total. The number of benzene rings is 1. The van der Waals surface area contributed by atoms with Crippen molar-refractivity contribution in [1.29, 1.82) is 0 Å². The lowest BCUT2D eigenvalue weighted by Gasteiger charge is -2.27. The van der Waals surface area contributed by atoms with Crippen LogP contribution in [0.5, 0.6) is 0 Å². The fraction of sp³-hybridized carbons (Fsp3) is 0.500. The maximum Gasteiger partial charge on any atom is 0.325 e. The van der Waals surface area contributed by atoms with Gasteiger partial charge in [-0.05, 0) is 18.4 Å². The summed E-state index contributed by atoms with van der Waals surface area (Å²) in [5.74, 6) is -1.08. The molecule has 0 radical (unpaired) electrons. The van der Waals surface area contributed by atoms with E-state index in [2.05, 4.69) is 10.6 Å². The number of hydrogen-bond acceptors (Lipinski definition) is 5. The van der Waals surface area contributed by atoms with Crippen LogP contribution in [0, 0.1) is 0 Å². The topological polar surface area (TPSA) is 113 Å². The molecule has 2 saturated heterocycles. The number of hydrogen-bond donors (Lipinski definition) is 2. The van der Waals surface area contributed by atoms with Crippen molar-refractivity contribution in [3.63, 3.8) is 0 Å². The first kappa shape index (κ1) is 19.3. The highest BCUT2D eigenvalue weighted by atomic mass is 32.2. The van der Waals surface area contributed by atoms with Crippen LogP contribution in [-0.2, 0) is 25.0 Å². The predicted molar refractivity (Wildman–Crippen MR) is 98.5 cm³/mol. The van der Waals surface area contributed by atoms with Crippen LogP contribution < -0.4 is 10.6 Å². The number of nitrogens with zero attached hydrogens (tertiary/aromatic N) is 1. The largest absolute Gasteiger partial charge is 0.351 e. The summed E-state index contributed by atoms with van der Waals surface area (Å²) in [7, 11) is -3.13. The molecule has 2 heterocycles. The van der Waals surface area contributed by atoms with E-state index < -0.39 is 45.8 Å². The van der Waals surface area contributed by atoms with Gasteiger partial charge in [-0.15, -0.1) is 0 Å². The molecule has 2 aliphatic rings. The summed E-state index contributed by atoms with van der Waals surface area (Å²) in [6.45, 7) is 1.49. The minimum atomic E-state index is -3.13. The Morgan fingerprint density at radius 1 is 1.30 bits per heavy atom. The molecule has 0 spiro atoms. The summed E-state index contributed by atoms with van der Waals surface area (Å²) in [5.41, 5.74) is -0.501. The lowest BCUT2D eigenvalue weighted by Crippen LogP contribution is -2.46. The minimum Gasteiger partial charge on any atom is -0.351 e. The highest BCUT2D eigenvalue weighted by Gasteiger charge is 2.52. The van der Waals surface area contributed by atoms with Gasteiger partial charge in [0.1, 0.15) is 12.1 Å². The molecule has 0 aliphatic carbocycles. The molecule has 2 atom stereocenters. The first-order chi connectivity index (χ1) is 12.8. The normalized spacial score (nSPS) is 26.9. The van der Waals surface area contributed by atoms with Crippen LogP contribution in [0.3, 0.4) is 0 Å². The van der Waals surface area contributed by atoms with Gasteiger partial charge >= 0.3 is 6.03 Å². The van der Waals surface area contributed by atoms with Crippen molar-refractivity contribution in [1.82, 2.24) is 15.5 Å². The number of rotatable bonds is 6. The van der Waals surface area contributed by atoms with Crippen molar-refractivity contribution < 1.29 is 22.8 Å². The van der Waals surface area contributed by atoms with Crippen molar-refractivity contribution in [2.75, 3.05) is 18.1 Å². The molecule has 4 amide bonds. The zero-order chi connectivity index (χ0) is 19.7. The second-order valence-electron chi connectivity index (χ2n) is 7.01. The molecule has 0 saturated carbocycles. The van der Waals surface area contributed by atoms with Gasteiger partial charge in [0, 0.05) is 6.04 Å². The Labute approximate surface area is 158 Å². The van der Waals surface area contributed by atoms with Crippen molar-refractivity contribution in [2.24, 2.45) is 0 Å². The summed E-state index contributed by atoms with van der Waals surface area (Å²) in [6, 6.07) is 7.88. The van der Waals surface area contributed by atoms with Gasteiger partial charge in [-0.1, -0.05) is 43.7 Å². The fourth-order valence-electron chi connectivity index (χ4n) is 3.70. The van der Waals surface area contributed by atoms with Gasteiger partial charge in [0.2, 0.25) is 5.91 Å². The molecule has 3 rings (SSSR count). The van der Waals surface area contributed by atoms with Crippen molar-refractivity contribution in [3.8, 4) is 0 Å². The molecule has 2 aliphatic heterocycles. The Morgan fingerprint density at radius 3 is 2.59 bits per heavy atom. The van der Waals surface area contributed by atoms with Crippen LogP contribution in [0.25, 0.3) is 0 Å². The zero-order valence-electron chi connectivity index (χ0n) is 15.1. The second-order valence-corrected chi connectivity index (χ2v) is 9.24. The Balaban J connectivity index is 1.74. The van der Waals surface area contributed by atoms with Gasteiger partial charge in [-0.3, -0.25) is 14.5 Å². The van der Waals surface area contributed by atoms with Crippen molar-refractivity contribution >= 4 is 27.7 Å². The number of carbonyl (C=O) groups excluding carboxylic acids is 3. The summed E-state index contributed by atoms with van der Waals surface area (Å²) in [4.78, 5) is 38.7. The molecule has 2 N–H and O–H groups in total. The molecule has 1 aromatic carbocycles. The summed E-state index contributed by atoms with van der Waals surface area (Å²) in [6.07, 6.45) is 1.43. The van der Waals surface area contributed by atoms with E-state index >= 15 is 0 Å². The summed E-state index contributed by atoms with van der Waals surface area (Å²) in [5, 5.41) is 5.37. The van der Waals surface area contributed by atoms with Gasteiger partial charge in [0.15, 0.2) is 9.84 Å². The lowest BCUT2D eigenvalue weighted by molar-refractivity contribution is -0.135. The molecule has 0 bridgehead atoms. The SMILES string of the molecule is CCC[C@]1(c2ccccc2)NC(=O)N(CC(=O)N[C@@H]2CCS(=O)(=O)C2)C1=O. The van der Waals surface area contributed by atoms with Crippen LogP contribution in [0.15, 0.2) is 30.3 Å². The Morgan fingerprint density at radius 2 is 2.00 bits per heavy atom. The van der Waals surface area contributed by atoms with Crippen molar-refractivity contribution in [2.45, 2.75) is 37.8 Å². The maximum atomic E-state index is 13.1. The number of amides is 4. The molecule has 0 unspecified atom stereocenters. The third kappa shape index (κ3) is 3.83. The van der Waals surface area contributed by atoms with Crippen LogP contribution >= 0.6 is 0 Å². The standard InChI is InChI=1S/C18H23N3O5S/c1-2-9-18(13-6-4-3-5-7-13)16(23)21(17(24)20-18)11-15(22)19-14-8-10-27(25,26)12-14/h3-7,14H,2,8-12H2,1H3,(H,19,22)(H,20,24)/t14-,18-/m1/s1. The number of imide groups is 1. The third-order valence-electron chi connectivity index (χ3n) is 4.97. The van der Waals surface area contributed by atoms with E-state index in [-0.39, 0.29) is 11.5 Å². The quantitative estimate of drug-likeness (QED) is 0.685. The predicted octanol–water partition coefficient (Wildman–Crippen LogP) is 0.537. The summed E-state index contributed by atoms with van der Waals surface area (Å²) < 4.78 is 23.0. The maximum absolute atomic E-state index is 13.1. The smallest absolute Gasteiger partial charge is 0.325 e. The molecular weight excluding hydrogens is 370 g/mol. The molecular formula is C18H23N3O5S. The van der Waals surface area contributed by atoms with Crippen LogP contribution in [-0.4, -0.2) is 55.3 Å². The van der Waals surface area contributed by atoms with Gasteiger partial charge in [0.25, 0.3) is 5.91 Å². The number of sulfone groups is 1. The van der Waals surface area contributed by atoms with Crippen molar-refractivity contribution in [3.05, 3.63) is 35.9 Å². The molecule has 27 heavy (non-hydrogen) atoms. The Bertz CT molecular complexity index is 855. The highest BCUT2D eigenvalue weighted by molar-refractivity contribution is 7.91. The zero-order valence-corrected chi connectivity index (χ0v) is 15.9. The highest BCUT2D eigenvalue weighted by Crippen LogP contribution is 2.33. The number of urea groups is 1. The van der Waals surface area contributed by atoms with Gasteiger partial charge < -0.3 is 10.6 Å². The van der Waals surface area contributed by atoms with Crippen LogP contribution in [0.1, 0.15) is 31.7 Å². The van der Waals surface area contributed by atoms with E-state index in [0.29, 0.717) is 24.8 Å². The van der Waals surface area contributed by atoms with E-state index in [1.807, 2.05) is 13.0 Å². The number of carbonyl (C=O) groups is 3. The van der Waals surface area contributed by atoms with E-state index in [1.165, 1.54) is 0 Å². The minimum absolute atomic E-state index is 0.0364. The van der Waals surface area contributed by atoms with E-state index in [1.54, 1.807) is 24.3 Å². The van der Waals surface area contributed by atoms with E-state index in [9.17, 15) is 22.8 Å². The average molecular weight is 393 g/mol. The van der Waals surface area contributed by atoms with Gasteiger partial charge in [-0.2, -0.15) is 0 Å². The third-order valence-corrected chi connectivity index (χ3v) is 6.73. The first-order valence-electron chi connectivity index (χ1n) is 8.97. The first-order valence-corrected chi connectivity index (χ1v) is 10.8. The van der Waals surface area contributed by atoms with Crippen LogP contribution in [0.2, 0.25) is 0 Å². The number of nitrogens with one attached hydrogen (secondary N) is 2. The monoisotopic (exact) mass is 393 g/mol. The molecule has 0 aromatic heterocycles. The van der Waals surface area contributed by atoms with Crippen LogP contribution in [0.4, 0.5) is 4.79 Å². The lowest BCUT2D eigenvalue weighted by atomic mass is 9.85. The van der Waals surface area contributed by atoms with E-state index in [0.717, 1.165) is 4.90 Å².